The monoisotopic (exact) mass is 427 g/mol. The average Bonchev–Trinajstić information content (AvgIpc) is 2.50. The molecule has 21 heavy (non-hydrogen) atoms. The van der Waals surface area contributed by atoms with Crippen molar-refractivity contribution in [2.45, 2.75) is 18.3 Å². The molecule has 2 atom stereocenters. The molecule has 4 heteroatoms. The molecule has 1 fully saturated rings. The van der Waals surface area contributed by atoms with Crippen molar-refractivity contribution in [2.24, 2.45) is 0 Å². The molecule has 3 rings (SSSR count). The zero-order valence-electron chi connectivity index (χ0n) is 11.5. The summed E-state index contributed by atoms with van der Waals surface area (Å²) in [6.45, 7) is 2.07. The summed E-state index contributed by atoms with van der Waals surface area (Å²) in [5, 5.41) is 4.31. The van der Waals surface area contributed by atoms with Crippen molar-refractivity contribution < 1.29 is 0 Å². The first-order chi connectivity index (χ1) is 10.1. The molecule has 110 valence electrons. The summed E-state index contributed by atoms with van der Waals surface area (Å²) in [5.41, 5.74) is 2.70. The predicted molar refractivity (Wildman–Crippen MR) is 96.3 cm³/mol. The molecule has 2 aromatic carbocycles. The van der Waals surface area contributed by atoms with E-state index in [4.69, 9.17) is 11.6 Å². The van der Waals surface area contributed by atoms with Crippen molar-refractivity contribution in [1.29, 1.82) is 0 Å². The van der Waals surface area contributed by atoms with Crippen LogP contribution >= 0.6 is 43.5 Å². The minimum Gasteiger partial charge on any atom is -0.316 e. The third-order valence-corrected chi connectivity index (χ3v) is 5.86. The molecule has 1 N–H and O–H groups in total. The second kappa shape index (κ2) is 6.82. The molecule has 2 unspecified atom stereocenters. The van der Waals surface area contributed by atoms with E-state index in [1.165, 1.54) is 11.1 Å². The van der Waals surface area contributed by atoms with Crippen LogP contribution in [0.5, 0.6) is 0 Å². The molecular weight excluding hydrogens is 413 g/mol. The Balaban J connectivity index is 1.96. The topological polar surface area (TPSA) is 12.0 Å². The van der Waals surface area contributed by atoms with Crippen molar-refractivity contribution >= 4 is 43.5 Å². The van der Waals surface area contributed by atoms with Crippen LogP contribution in [0.3, 0.4) is 0 Å². The summed E-state index contributed by atoms with van der Waals surface area (Å²) in [5.74, 6) is 0.986. The lowest BCUT2D eigenvalue weighted by Crippen LogP contribution is -2.34. The van der Waals surface area contributed by atoms with E-state index < -0.39 is 0 Å². The second-order valence-electron chi connectivity index (χ2n) is 5.43. The van der Waals surface area contributed by atoms with Crippen molar-refractivity contribution in [1.82, 2.24) is 5.32 Å². The number of halogens is 3. The van der Waals surface area contributed by atoms with Gasteiger partial charge >= 0.3 is 0 Å². The van der Waals surface area contributed by atoms with Gasteiger partial charge in [0.2, 0.25) is 0 Å². The second-order valence-corrected chi connectivity index (χ2v) is 7.61. The zero-order chi connectivity index (χ0) is 14.8. The van der Waals surface area contributed by atoms with Crippen molar-refractivity contribution in [3.63, 3.8) is 0 Å². The maximum Gasteiger partial charge on any atom is 0.0550 e. The summed E-state index contributed by atoms with van der Waals surface area (Å²) >= 11 is 13.3. The van der Waals surface area contributed by atoms with Crippen molar-refractivity contribution in [3.8, 4) is 0 Å². The maximum atomic E-state index is 6.28. The first kappa shape index (κ1) is 15.5. The van der Waals surface area contributed by atoms with E-state index in [1.54, 1.807) is 0 Å². The summed E-state index contributed by atoms with van der Waals surface area (Å²) in [7, 11) is 0. The summed E-state index contributed by atoms with van der Waals surface area (Å²) in [4.78, 5) is 0. The van der Waals surface area contributed by atoms with Crippen LogP contribution in [0.4, 0.5) is 0 Å². The smallest absolute Gasteiger partial charge is 0.0550 e. The molecule has 0 aromatic heterocycles. The van der Waals surface area contributed by atoms with E-state index >= 15 is 0 Å². The molecule has 0 radical (unpaired) electrons. The lowest BCUT2D eigenvalue weighted by atomic mass is 9.77. The summed E-state index contributed by atoms with van der Waals surface area (Å²) in [6, 6.07) is 15.0. The highest BCUT2D eigenvalue weighted by Crippen LogP contribution is 2.39. The Hall–Kier alpha value is -0.350. The summed E-state index contributed by atoms with van der Waals surface area (Å²) in [6.07, 6.45) is 1.13. The fourth-order valence-corrected chi connectivity index (χ4v) is 3.94. The Kier molecular flexibility index (Phi) is 5.05. The number of rotatable bonds is 2. The lowest BCUT2D eigenvalue weighted by molar-refractivity contribution is 0.404. The van der Waals surface area contributed by atoms with Crippen LogP contribution in [0.1, 0.15) is 29.4 Å². The fraction of sp³-hybridized carbons (Fsp3) is 0.294. The zero-order valence-corrected chi connectivity index (χ0v) is 15.4. The number of hydrogen-bond acceptors (Lipinski definition) is 1. The molecule has 1 heterocycles. The van der Waals surface area contributed by atoms with Gasteiger partial charge < -0.3 is 5.32 Å². The van der Waals surface area contributed by atoms with Gasteiger partial charge in [0.1, 0.15) is 0 Å². The maximum absolute atomic E-state index is 6.28. The highest BCUT2D eigenvalue weighted by atomic mass is 79.9. The predicted octanol–water partition coefficient (Wildman–Crippen LogP) is 5.73. The van der Waals surface area contributed by atoms with Gasteiger partial charge in [-0.15, -0.1) is 0 Å². The van der Waals surface area contributed by atoms with Gasteiger partial charge in [-0.2, -0.15) is 0 Å². The number of benzene rings is 2. The van der Waals surface area contributed by atoms with Crippen LogP contribution in [0.2, 0.25) is 5.02 Å². The Morgan fingerprint density at radius 3 is 2.57 bits per heavy atom. The Labute approximate surface area is 147 Å². The van der Waals surface area contributed by atoms with Gasteiger partial charge in [0.05, 0.1) is 5.02 Å². The highest BCUT2D eigenvalue weighted by molar-refractivity contribution is 9.10. The van der Waals surface area contributed by atoms with Gasteiger partial charge in [0, 0.05) is 21.4 Å². The van der Waals surface area contributed by atoms with Crippen LogP contribution < -0.4 is 5.32 Å². The molecule has 1 aliphatic rings. The lowest BCUT2D eigenvalue weighted by Gasteiger charge is -2.33. The highest BCUT2D eigenvalue weighted by Gasteiger charge is 2.28. The van der Waals surface area contributed by atoms with Crippen molar-refractivity contribution in [3.05, 3.63) is 67.6 Å². The Morgan fingerprint density at radius 2 is 1.81 bits per heavy atom. The molecule has 0 saturated carbocycles. The SMILES string of the molecule is Clc1cc(C2CCNCC2c2cccc(Br)c2)ccc1Br. The van der Waals surface area contributed by atoms with E-state index in [0.717, 1.165) is 33.5 Å². The Morgan fingerprint density at radius 1 is 1.00 bits per heavy atom. The molecular formula is C17H16Br2ClN. The number of nitrogens with one attached hydrogen (secondary N) is 1. The normalized spacial score (nSPS) is 22.2. The molecule has 1 nitrogen and oxygen atoms in total. The fourth-order valence-electron chi connectivity index (χ4n) is 3.09. The van der Waals surface area contributed by atoms with Gasteiger partial charge in [-0.3, -0.25) is 0 Å². The largest absolute Gasteiger partial charge is 0.316 e. The van der Waals surface area contributed by atoms with Gasteiger partial charge in [-0.05, 0) is 70.2 Å². The first-order valence-corrected chi connectivity index (χ1v) is 9.02. The van der Waals surface area contributed by atoms with E-state index in [-0.39, 0.29) is 0 Å². The summed E-state index contributed by atoms with van der Waals surface area (Å²) < 4.78 is 2.10. The van der Waals surface area contributed by atoms with E-state index in [2.05, 4.69) is 79.6 Å². The molecule has 0 bridgehead atoms. The van der Waals surface area contributed by atoms with Gasteiger partial charge in [-0.1, -0.05) is 45.7 Å². The van der Waals surface area contributed by atoms with E-state index in [0.29, 0.717) is 11.8 Å². The van der Waals surface area contributed by atoms with Gasteiger partial charge in [0.15, 0.2) is 0 Å². The van der Waals surface area contributed by atoms with Crippen LogP contribution in [0.15, 0.2) is 51.4 Å². The molecule has 0 aliphatic carbocycles. The van der Waals surface area contributed by atoms with Gasteiger partial charge in [0.25, 0.3) is 0 Å². The van der Waals surface area contributed by atoms with E-state index in [9.17, 15) is 0 Å². The first-order valence-electron chi connectivity index (χ1n) is 7.06. The standard InChI is InChI=1S/C17H16Br2ClN/c18-13-3-1-2-11(8-13)15-10-21-7-6-14(15)12-4-5-16(19)17(20)9-12/h1-5,8-9,14-15,21H,6-7,10H2. The van der Waals surface area contributed by atoms with Crippen molar-refractivity contribution in [2.75, 3.05) is 13.1 Å². The van der Waals surface area contributed by atoms with E-state index in [1.807, 2.05) is 0 Å². The molecule has 0 amide bonds. The van der Waals surface area contributed by atoms with Gasteiger partial charge in [-0.25, -0.2) is 0 Å². The molecule has 0 spiro atoms. The third-order valence-electron chi connectivity index (χ3n) is 4.13. The number of piperidine rings is 1. The number of hydrogen-bond donors (Lipinski definition) is 1. The van der Waals surface area contributed by atoms with Crippen LogP contribution in [-0.2, 0) is 0 Å². The molecule has 1 saturated heterocycles. The molecule has 1 aliphatic heterocycles. The minimum atomic E-state index is 0.480. The molecule has 2 aromatic rings. The van der Waals surface area contributed by atoms with Crippen LogP contribution in [0, 0.1) is 0 Å². The minimum absolute atomic E-state index is 0.480. The third kappa shape index (κ3) is 3.53. The quantitative estimate of drug-likeness (QED) is 0.643. The average molecular weight is 430 g/mol. The van der Waals surface area contributed by atoms with Crippen LogP contribution in [0.25, 0.3) is 0 Å². The Bertz CT molecular complexity index is 644. The van der Waals surface area contributed by atoms with Crippen LogP contribution in [-0.4, -0.2) is 13.1 Å².